The van der Waals surface area contributed by atoms with Crippen LogP contribution in [-0.4, -0.2) is 72.4 Å². The van der Waals surface area contributed by atoms with Crippen LogP contribution in [0.25, 0.3) is 0 Å². The van der Waals surface area contributed by atoms with Gasteiger partial charge in [-0.05, 0) is 32.7 Å². The van der Waals surface area contributed by atoms with Crippen LogP contribution in [0.3, 0.4) is 0 Å². The van der Waals surface area contributed by atoms with Gasteiger partial charge in [-0.2, -0.15) is 0 Å². The third kappa shape index (κ3) is 5.27. The molecule has 3 heterocycles. The van der Waals surface area contributed by atoms with Gasteiger partial charge in [0.1, 0.15) is 5.82 Å². The van der Waals surface area contributed by atoms with Crippen LogP contribution < -0.4 is 21.5 Å². The third-order valence-corrected chi connectivity index (χ3v) is 5.86. The fourth-order valence-corrected chi connectivity index (χ4v) is 4.10. The molecule has 1 N–H and O–H groups in total. The van der Waals surface area contributed by atoms with E-state index in [0.717, 1.165) is 63.2 Å². The van der Waals surface area contributed by atoms with Gasteiger partial charge in [-0.3, -0.25) is 23.6 Å². The second-order valence-electron chi connectivity index (χ2n) is 7.81. The van der Waals surface area contributed by atoms with Gasteiger partial charge in [0, 0.05) is 52.4 Å². The van der Waals surface area contributed by atoms with Crippen molar-refractivity contribution in [3.8, 4) is 0 Å². The zero-order valence-electron chi connectivity index (χ0n) is 17.6. The Bertz CT molecular complexity index is 812. The molecular formula is C20H33N5O4. The van der Waals surface area contributed by atoms with Gasteiger partial charge in [0.05, 0.1) is 19.1 Å². The monoisotopic (exact) mass is 407 g/mol. The molecule has 9 heteroatoms. The number of amides is 1. The van der Waals surface area contributed by atoms with Crippen LogP contribution in [0.2, 0.25) is 0 Å². The molecule has 0 aromatic carbocycles. The number of anilines is 1. The lowest BCUT2D eigenvalue weighted by atomic mass is 9.97. The van der Waals surface area contributed by atoms with Crippen molar-refractivity contribution in [2.75, 3.05) is 57.4 Å². The maximum absolute atomic E-state index is 12.7. The largest absolute Gasteiger partial charge is 0.379 e. The standard InChI is InChI=1S/C20H33N5O4/c1-3-25-17(14-18(26)22(2)20(25)28)24-9-4-6-16(15-24)19(27)21-7-5-8-23-10-12-29-13-11-23/h14,16H,3-13,15H2,1-2H3,(H,21,27). The van der Waals surface area contributed by atoms with Crippen LogP contribution in [-0.2, 0) is 23.1 Å². The van der Waals surface area contributed by atoms with Crippen molar-refractivity contribution in [3.63, 3.8) is 0 Å². The molecule has 0 saturated carbocycles. The summed E-state index contributed by atoms with van der Waals surface area (Å²) < 4.78 is 8.07. The molecule has 0 radical (unpaired) electrons. The van der Waals surface area contributed by atoms with Crippen molar-refractivity contribution >= 4 is 11.7 Å². The molecule has 1 aromatic heterocycles. The number of aromatic nitrogens is 2. The van der Waals surface area contributed by atoms with Crippen LogP contribution in [0.1, 0.15) is 26.2 Å². The van der Waals surface area contributed by atoms with Gasteiger partial charge >= 0.3 is 5.69 Å². The zero-order chi connectivity index (χ0) is 20.8. The summed E-state index contributed by atoms with van der Waals surface area (Å²) >= 11 is 0. The van der Waals surface area contributed by atoms with Gasteiger partial charge in [0.2, 0.25) is 5.91 Å². The Morgan fingerprint density at radius 2 is 2.00 bits per heavy atom. The van der Waals surface area contributed by atoms with Gasteiger partial charge in [-0.1, -0.05) is 0 Å². The smallest absolute Gasteiger partial charge is 0.332 e. The zero-order valence-corrected chi connectivity index (χ0v) is 17.6. The topological polar surface area (TPSA) is 88.8 Å². The fourth-order valence-electron chi connectivity index (χ4n) is 4.10. The Balaban J connectivity index is 1.55. The van der Waals surface area contributed by atoms with Gasteiger partial charge in [-0.15, -0.1) is 0 Å². The van der Waals surface area contributed by atoms with E-state index >= 15 is 0 Å². The van der Waals surface area contributed by atoms with Crippen molar-refractivity contribution in [1.29, 1.82) is 0 Å². The Kier molecular flexibility index (Phi) is 7.49. The highest BCUT2D eigenvalue weighted by atomic mass is 16.5. The first kappa shape index (κ1) is 21.6. The normalized spacial score (nSPS) is 20.6. The summed E-state index contributed by atoms with van der Waals surface area (Å²) in [6.45, 7) is 8.77. The highest BCUT2D eigenvalue weighted by Crippen LogP contribution is 2.22. The Labute approximate surface area is 171 Å². The predicted octanol–water partition coefficient (Wildman–Crippen LogP) is -0.378. The lowest BCUT2D eigenvalue weighted by molar-refractivity contribution is -0.125. The van der Waals surface area contributed by atoms with E-state index in [1.807, 2.05) is 11.8 Å². The van der Waals surface area contributed by atoms with E-state index in [4.69, 9.17) is 4.74 Å². The van der Waals surface area contributed by atoms with E-state index in [1.54, 1.807) is 4.57 Å². The molecule has 0 bridgehead atoms. The molecule has 2 aliphatic heterocycles. The number of morpholine rings is 1. The van der Waals surface area contributed by atoms with Crippen molar-refractivity contribution < 1.29 is 9.53 Å². The number of ether oxygens (including phenoxy) is 1. The molecule has 9 nitrogen and oxygen atoms in total. The molecule has 1 aromatic rings. The van der Waals surface area contributed by atoms with E-state index in [2.05, 4.69) is 10.2 Å². The maximum Gasteiger partial charge on any atom is 0.332 e. The summed E-state index contributed by atoms with van der Waals surface area (Å²) in [4.78, 5) is 41.6. The third-order valence-electron chi connectivity index (χ3n) is 5.86. The van der Waals surface area contributed by atoms with Gasteiger partial charge in [0.15, 0.2) is 0 Å². The van der Waals surface area contributed by atoms with Crippen LogP contribution in [0.4, 0.5) is 5.82 Å². The number of carbonyl (C=O) groups is 1. The van der Waals surface area contributed by atoms with Crippen molar-refractivity contribution in [2.24, 2.45) is 13.0 Å². The molecule has 3 rings (SSSR count). The molecule has 2 saturated heterocycles. The minimum atomic E-state index is -0.315. The number of hydrogen-bond acceptors (Lipinski definition) is 6. The molecule has 162 valence electrons. The van der Waals surface area contributed by atoms with E-state index in [0.29, 0.717) is 25.5 Å². The van der Waals surface area contributed by atoms with E-state index in [-0.39, 0.29) is 23.1 Å². The molecule has 1 amide bonds. The average molecular weight is 408 g/mol. The molecule has 0 spiro atoms. The summed E-state index contributed by atoms with van der Waals surface area (Å²) in [5.41, 5.74) is -0.630. The summed E-state index contributed by atoms with van der Waals surface area (Å²) in [5, 5.41) is 3.07. The van der Waals surface area contributed by atoms with Gasteiger partial charge in [-0.25, -0.2) is 4.79 Å². The van der Waals surface area contributed by atoms with E-state index < -0.39 is 0 Å². The summed E-state index contributed by atoms with van der Waals surface area (Å²) in [7, 11) is 1.49. The lowest BCUT2D eigenvalue weighted by Gasteiger charge is -2.34. The van der Waals surface area contributed by atoms with Gasteiger partial charge < -0.3 is 15.0 Å². The maximum atomic E-state index is 12.7. The number of hydrogen-bond donors (Lipinski definition) is 1. The summed E-state index contributed by atoms with van der Waals surface area (Å²) in [6.07, 6.45) is 2.61. The number of rotatable bonds is 7. The number of carbonyl (C=O) groups excluding carboxylic acids is 1. The first-order valence-corrected chi connectivity index (χ1v) is 10.6. The van der Waals surface area contributed by atoms with E-state index in [9.17, 15) is 14.4 Å². The SMILES string of the molecule is CCn1c(N2CCCC(C(=O)NCCCN3CCOCC3)C2)cc(=O)n(C)c1=O. The quantitative estimate of drug-likeness (QED) is 0.620. The van der Waals surface area contributed by atoms with Crippen molar-refractivity contribution in [3.05, 3.63) is 26.9 Å². The Hall–Kier alpha value is -2.13. The Morgan fingerprint density at radius 1 is 1.24 bits per heavy atom. The molecule has 1 unspecified atom stereocenters. The van der Waals surface area contributed by atoms with E-state index in [1.165, 1.54) is 13.1 Å². The molecule has 29 heavy (non-hydrogen) atoms. The van der Waals surface area contributed by atoms with Crippen molar-refractivity contribution in [1.82, 2.24) is 19.4 Å². The number of nitrogens with zero attached hydrogens (tertiary/aromatic N) is 4. The predicted molar refractivity (Wildman–Crippen MR) is 111 cm³/mol. The molecule has 0 aliphatic carbocycles. The summed E-state index contributed by atoms with van der Waals surface area (Å²) in [5.74, 6) is 0.549. The second-order valence-corrected chi connectivity index (χ2v) is 7.81. The minimum absolute atomic E-state index is 0.0610. The van der Waals surface area contributed by atoms with Crippen LogP contribution in [0.5, 0.6) is 0 Å². The first-order chi connectivity index (χ1) is 14.0. The average Bonchev–Trinajstić information content (AvgIpc) is 2.75. The minimum Gasteiger partial charge on any atom is -0.379 e. The number of piperidine rings is 1. The van der Waals surface area contributed by atoms with Crippen LogP contribution in [0, 0.1) is 5.92 Å². The number of nitrogens with one attached hydrogen (secondary N) is 1. The molecule has 2 fully saturated rings. The Morgan fingerprint density at radius 3 is 2.72 bits per heavy atom. The molecule has 2 aliphatic rings. The van der Waals surface area contributed by atoms with Crippen LogP contribution in [0.15, 0.2) is 15.7 Å². The van der Waals surface area contributed by atoms with Gasteiger partial charge in [0.25, 0.3) is 5.56 Å². The molecule has 1 atom stereocenters. The van der Waals surface area contributed by atoms with Crippen LogP contribution >= 0.6 is 0 Å². The first-order valence-electron chi connectivity index (χ1n) is 10.6. The molecular weight excluding hydrogens is 374 g/mol. The second kappa shape index (κ2) is 10.1. The summed E-state index contributed by atoms with van der Waals surface area (Å²) in [6, 6.07) is 1.51. The highest BCUT2D eigenvalue weighted by Gasteiger charge is 2.27. The lowest BCUT2D eigenvalue weighted by Crippen LogP contribution is -2.47. The van der Waals surface area contributed by atoms with Crippen molar-refractivity contribution in [2.45, 2.75) is 32.7 Å². The fraction of sp³-hybridized carbons (Fsp3) is 0.750. The highest BCUT2D eigenvalue weighted by molar-refractivity contribution is 5.79.